The number of carbonyl (C=O) groups is 1. The van der Waals surface area contributed by atoms with Crippen LogP contribution >= 0.6 is 11.6 Å². The van der Waals surface area contributed by atoms with Gasteiger partial charge in [0.1, 0.15) is 0 Å². The van der Waals surface area contributed by atoms with Gasteiger partial charge in [-0.2, -0.15) is 0 Å². The van der Waals surface area contributed by atoms with Crippen molar-refractivity contribution in [3.63, 3.8) is 0 Å². The Balaban J connectivity index is 1.81. The quantitative estimate of drug-likeness (QED) is 0.865. The fourth-order valence-electron chi connectivity index (χ4n) is 3.19. The number of anilines is 1. The zero-order valence-electron chi connectivity index (χ0n) is 14.7. The van der Waals surface area contributed by atoms with Gasteiger partial charge in [-0.3, -0.25) is 9.10 Å². The minimum atomic E-state index is -3.31. The minimum absolute atomic E-state index is 0.190. The smallest absolute Gasteiger partial charge is 0.251 e. The number of fused-ring (bicyclic) bond motifs is 1. The van der Waals surface area contributed by atoms with Crippen molar-refractivity contribution >= 4 is 33.2 Å². The van der Waals surface area contributed by atoms with Gasteiger partial charge >= 0.3 is 0 Å². The summed E-state index contributed by atoms with van der Waals surface area (Å²) in [6, 6.07) is 12.3. The van der Waals surface area contributed by atoms with Crippen LogP contribution < -0.4 is 9.62 Å². The predicted octanol–water partition coefficient (Wildman–Crippen LogP) is 3.54. The average Bonchev–Trinajstić information content (AvgIpc) is 2.59. The molecule has 2 aromatic rings. The van der Waals surface area contributed by atoms with E-state index >= 15 is 0 Å². The Morgan fingerprint density at radius 2 is 2.00 bits per heavy atom. The zero-order valence-corrected chi connectivity index (χ0v) is 16.3. The summed E-state index contributed by atoms with van der Waals surface area (Å²) in [5.41, 5.74) is 2.99. The highest BCUT2D eigenvalue weighted by Gasteiger charge is 2.25. The van der Waals surface area contributed by atoms with E-state index in [0.717, 1.165) is 24.0 Å². The van der Waals surface area contributed by atoms with E-state index < -0.39 is 10.0 Å². The second-order valence-electron chi connectivity index (χ2n) is 6.53. The van der Waals surface area contributed by atoms with Crippen LogP contribution in [0.4, 0.5) is 5.69 Å². The van der Waals surface area contributed by atoms with Gasteiger partial charge in [-0.05, 0) is 61.2 Å². The number of nitrogens with zero attached hydrogens (tertiary/aromatic N) is 1. The van der Waals surface area contributed by atoms with Gasteiger partial charge in [-0.15, -0.1) is 0 Å². The number of nitrogens with one attached hydrogen (secondary N) is 1. The molecule has 1 amide bonds. The van der Waals surface area contributed by atoms with Crippen molar-refractivity contribution < 1.29 is 13.2 Å². The molecule has 138 valence electrons. The summed E-state index contributed by atoms with van der Waals surface area (Å²) in [7, 11) is -3.31. The van der Waals surface area contributed by atoms with Crippen molar-refractivity contribution in [2.24, 2.45) is 0 Å². The number of aryl methyl sites for hydroxylation is 1. The average molecular weight is 393 g/mol. The van der Waals surface area contributed by atoms with Crippen LogP contribution in [0, 0.1) is 0 Å². The van der Waals surface area contributed by atoms with Crippen LogP contribution in [0.5, 0.6) is 0 Å². The molecule has 3 rings (SSSR count). The van der Waals surface area contributed by atoms with E-state index in [1.807, 2.05) is 25.1 Å². The molecule has 1 heterocycles. The molecule has 0 radical (unpaired) electrons. The molecule has 0 aromatic heterocycles. The third-order valence-corrected chi connectivity index (χ3v) is 5.93. The first-order valence-corrected chi connectivity index (χ1v) is 10.7. The normalized spacial score (nSPS) is 15.3. The van der Waals surface area contributed by atoms with Gasteiger partial charge in [0.2, 0.25) is 10.0 Å². The Kier molecular flexibility index (Phi) is 5.25. The van der Waals surface area contributed by atoms with Crippen LogP contribution in [0.25, 0.3) is 0 Å². The minimum Gasteiger partial charge on any atom is -0.346 e. The highest BCUT2D eigenvalue weighted by molar-refractivity contribution is 7.92. The third kappa shape index (κ3) is 4.02. The molecule has 7 heteroatoms. The number of hydrogen-bond donors (Lipinski definition) is 1. The zero-order chi connectivity index (χ0) is 18.9. The van der Waals surface area contributed by atoms with Crippen molar-refractivity contribution in [1.29, 1.82) is 0 Å². The van der Waals surface area contributed by atoms with Crippen LogP contribution in [0.3, 0.4) is 0 Å². The lowest BCUT2D eigenvalue weighted by Gasteiger charge is -2.29. The summed E-state index contributed by atoms with van der Waals surface area (Å²) in [6.07, 6.45) is 2.70. The molecule has 0 saturated heterocycles. The molecule has 0 saturated carbocycles. The Hall–Kier alpha value is -2.05. The number of halogens is 1. The molecule has 5 nitrogen and oxygen atoms in total. The van der Waals surface area contributed by atoms with Crippen molar-refractivity contribution in [2.45, 2.75) is 25.8 Å². The number of hydrogen-bond acceptors (Lipinski definition) is 3. The lowest BCUT2D eigenvalue weighted by molar-refractivity contribution is 0.0940. The molecular formula is C19H21ClN2O3S. The molecule has 0 bridgehead atoms. The SMILES string of the molecule is C[C@H](NC(=O)c1ccc2c(c1)CCCN2S(C)(=O)=O)c1cccc(Cl)c1. The van der Waals surface area contributed by atoms with Crippen molar-refractivity contribution in [2.75, 3.05) is 17.1 Å². The van der Waals surface area contributed by atoms with Crippen LogP contribution in [-0.4, -0.2) is 27.1 Å². The van der Waals surface area contributed by atoms with E-state index in [9.17, 15) is 13.2 Å². The Morgan fingerprint density at radius 3 is 2.69 bits per heavy atom. The monoisotopic (exact) mass is 392 g/mol. The number of amides is 1. The Bertz CT molecular complexity index is 944. The lowest BCUT2D eigenvalue weighted by Crippen LogP contribution is -2.35. The van der Waals surface area contributed by atoms with Crippen LogP contribution in [0.15, 0.2) is 42.5 Å². The molecular weight excluding hydrogens is 372 g/mol. The lowest BCUT2D eigenvalue weighted by atomic mass is 10.00. The summed E-state index contributed by atoms with van der Waals surface area (Å²) in [6.45, 7) is 2.37. The predicted molar refractivity (Wildman–Crippen MR) is 104 cm³/mol. The van der Waals surface area contributed by atoms with Gasteiger partial charge in [-0.25, -0.2) is 8.42 Å². The third-order valence-electron chi connectivity index (χ3n) is 4.51. The first-order chi connectivity index (χ1) is 12.3. The number of sulfonamides is 1. The number of benzene rings is 2. The summed E-state index contributed by atoms with van der Waals surface area (Å²) < 4.78 is 25.3. The maximum absolute atomic E-state index is 12.6. The summed E-state index contributed by atoms with van der Waals surface area (Å²) >= 11 is 6.01. The molecule has 1 aliphatic rings. The molecule has 0 unspecified atom stereocenters. The summed E-state index contributed by atoms with van der Waals surface area (Å²) in [5, 5.41) is 3.58. The molecule has 1 aliphatic heterocycles. The van der Waals surface area contributed by atoms with Gasteiger partial charge < -0.3 is 5.32 Å². The largest absolute Gasteiger partial charge is 0.346 e. The van der Waals surface area contributed by atoms with Gasteiger partial charge in [0.15, 0.2) is 0 Å². The van der Waals surface area contributed by atoms with E-state index in [2.05, 4.69) is 5.32 Å². The highest BCUT2D eigenvalue weighted by atomic mass is 35.5. The number of rotatable bonds is 4. The topological polar surface area (TPSA) is 66.5 Å². The van der Waals surface area contributed by atoms with Gasteiger partial charge in [0.25, 0.3) is 5.91 Å². The van der Waals surface area contributed by atoms with E-state index in [4.69, 9.17) is 11.6 Å². The molecule has 26 heavy (non-hydrogen) atoms. The first kappa shape index (κ1) is 18.7. The van der Waals surface area contributed by atoms with Crippen molar-refractivity contribution in [3.8, 4) is 0 Å². The van der Waals surface area contributed by atoms with Crippen LogP contribution in [-0.2, 0) is 16.4 Å². The molecule has 1 atom stereocenters. The van der Waals surface area contributed by atoms with E-state index in [1.54, 1.807) is 24.3 Å². The van der Waals surface area contributed by atoms with Crippen molar-refractivity contribution in [3.05, 3.63) is 64.2 Å². The molecule has 0 fully saturated rings. The van der Waals surface area contributed by atoms with Crippen LogP contribution in [0.1, 0.15) is 40.9 Å². The van der Waals surface area contributed by atoms with Crippen LogP contribution in [0.2, 0.25) is 5.02 Å². The van der Waals surface area contributed by atoms with Gasteiger partial charge in [0.05, 0.1) is 18.0 Å². The standard InChI is InChI=1S/C19H21ClN2O3S/c1-13(14-5-3-7-17(20)12-14)21-19(23)16-8-9-18-15(11-16)6-4-10-22(18)26(2,24)25/h3,5,7-9,11-13H,4,6,10H2,1-2H3,(H,21,23)/t13-/m0/s1. The summed E-state index contributed by atoms with van der Waals surface area (Å²) in [4.78, 5) is 12.6. The second kappa shape index (κ2) is 7.29. The van der Waals surface area contributed by atoms with Gasteiger partial charge in [0, 0.05) is 17.1 Å². The van der Waals surface area contributed by atoms with Gasteiger partial charge in [-0.1, -0.05) is 23.7 Å². The molecule has 2 aromatic carbocycles. The molecule has 0 aliphatic carbocycles. The summed E-state index contributed by atoms with van der Waals surface area (Å²) in [5.74, 6) is -0.197. The first-order valence-electron chi connectivity index (χ1n) is 8.42. The Morgan fingerprint density at radius 1 is 1.23 bits per heavy atom. The molecule has 0 spiro atoms. The second-order valence-corrected chi connectivity index (χ2v) is 8.88. The fraction of sp³-hybridized carbons (Fsp3) is 0.316. The maximum atomic E-state index is 12.6. The number of carbonyl (C=O) groups excluding carboxylic acids is 1. The van der Waals surface area contributed by atoms with Crippen molar-refractivity contribution in [1.82, 2.24) is 5.32 Å². The maximum Gasteiger partial charge on any atom is 0.251 e. The molecule has 1 N–H and O–H groups in total. The fourth-order valence-corrected chi connectivity index (χ4v) is 4.38. The Labute approximate surface area is 159 Å². The van der Waals surface area contributed by atoms with E-state index in [0.29, 0.717) is 22.8 Å². The van der Waals surface area contributed by atoms with E-state index in [-0.39, 0.29) is 11.9 Å². The van der Waals surface area contributed by atoms with E-state index in [1.165, 1.54) is 10.6 Å². The highest BCUT2D eigenvalue weighted by Crippen LogP contribution is 2.30.